The highest BCUT2D eigenvalue weighted by atomic mass is 79.9. The molecule has 0 bridgehead atoms. The maximum absolute atomic E-state index is 13.0. The van der Waals surface area contributed by atoms with Gasteiger partial charge in [-0.2, -0.15) is 18.3 Å². The average molecular weight is 399 g/mol. The summed E-state index contributed by atoms with van der Waals surface area (Å²) in [5.41, 5.74) is 1.62. The van der Waals surface area contributed by atoms with Gasteiger partial charge in [-0.05, 0) is 35.9 Å². The van der Waals surface area contributed by atoms with E-state index in [1.807, 2.05) is 12.1 Å². The number of hydrogen-bond donors (Lipinski definition) is 1. The Morgan fingerprint density at radius 1 is 1.12 bits per heavy atom. The Morgan fingerprint density at radius 2 is 1.83 bits per heavy atom. The lowest BCUT2D eigenvalue weighted by molar-refractivity contribution is -0.138. The lowest BCUT2D eigenvalue weighted by Crippen LogP contribution is -2.14. The van der Waals surface area contributed by atoms with Crippen LogP contribution in [0.2, 0.25) is 0 Å². The van der Waals surface area contributed by atoms with Gasteiger partial charge >= 0.3 is 6.18 Å². The van der Waals surface area contributed by atoms with E-state index >= 15 is 0 Å². The van der Waals surface area contributed by atoms with Crippen molar-refractivity contribution in [3.63, 3.8) is 0 Å². The molecule has 0 fully saturated rings. The normalized spacial score (nSPS) is 14.8. The third-order valence-electron chi connectivity index (χ3n) is 3.77. The van der Waals surface area contributed by atoms with Crippen LogP contribution in [0.5, 0.6) is 5.75 Å². The number of benzene rings is 2. The van der Waals surface area contributed by atoms with Crippen LogP contribution in [0.3, 0.4) is 0 Å². The molecule has 1 aliphatic heterocycles. The van der Waals surface area contributed by atoms with Gasteiger partial charge in [0.2, 0.25) is 0 Å². The van der Waals surface area contributed by atoms with Crippen LogP contribution in [0.25, 0.3) is 0 Å². The second-order valence-electron chi connectivity index (χ2n) is 5.54. The number of rotatable bonds is 3. The zero-order valence-electron chi connectivity index (χ0n) is 12.5. The van der Waals surface area contributed by atoms with Crippen molar-refractivity contribution in [2.24, 2.45) is 5.10 Å². The summed E-state index contributed by atoms with van der Waals surface area (Å²) in [4.78, 5) is 0. The summed E-state index contributed by atoms with van der Waals surface area (Å²) >= 11 is 2.94. The van der Waals surface area contributed by atoms with Crippen molar-refractivity contribution in [3.8, 4) is 5.75 Å². The molecule has 0 aliphatic carbocycles. The summed E-state index contributed by atoms with van der Waals surface area (Å²) < 4.78 is 39.0. The SMILES string of the molecule is Oc1ccc(CC2=NN(c3ccc(Br)c(C(F)(F)F)c3)CC2)cc1. The molecule has 0 atom stereocenters. The van der Waals surface area contributed by atoms with Crippen LogP contribution in [0.4, 0.5) is 18.9 Å². The van der Waals surface area contributed by atoms with Crippen molar-refractivity contribution in [2.45, 2.75) is 19.0 Å². The van der Waals surface area contributed by atoms with Gasteiger partial charge in [-0.1, -0.05) is 28.1 Å². The standard InChI is InChI=1S/C17H14BrF3N2O/c18-16-6-3-13(10-15(16)17(19,20)21)23-8-7-12(22-23)9-11-1-4-14(24)5-2-11/h1-6,10,24H,7-9H2. The largest absolute Gasteiger partial charge is 0.508 e. The van der Waals surface area contributed by atoms with Crippen LogP contribution in [0.1, 0.15) is 17.5 Å². The highest BCUT2D eigenvalue weighted by Gasteiger charge is 2.33. The molecule has 1 N–H and O–H groups in total. The summed E-state index contributed by atoms with van der Waals surface area (Å²) in [5.74, 6) is 0.197. The maximum atomic E-state index is 13.0. The summed E-state index contributed by atoms with van der Waals surface area (Å²) in [6.07, 6.45) is -3.11. The third-order valence-corrected chi connectivity index (χ3v) is 4.46. The number of phenols is 1. The average Bonchev–Trinajstić information content (AvgIpc) is 2.97. The molecular formula is C17H14BrF3N2O. The molecule has 2 aromatic carbocycles. The Hall–Kier alpha value is -2.02. The van der Waals surface area contributed by atoms with Crippen LogP contribution in [-0.4, -0.2) is 17.4 Å². The van der Waals surface area contributed by atoms with E-state index in [-0.39, 0.29) is 10.2 Å². The van der Waals surface area contributed by atoms with Crippen LogP contribution in [-0.2, 0) is 12.6 Å². The number of anilines is 1. The molecule has 126 valence electrons. The minimum absolute atomic E-state index is 0.0197. The number of nitrogens with zero attached hydrogens (tertiary/aromatic N) is 2. The van der Waals surface area contributed by atoms with Gasteiger partial charge < -0.3 is 5.11 Å². The van der Waals surface area contributed by atoms with E-state index in [0.717, 1.165) is 17.3 Å². The van der Waals surface area contributed by atoms with E-state index in [9.17, 15) is 18.3 Å². The first-order valence-corrected chi connectivity index (χ1v) is 8.11. The zero-order valence-corrected chi connectivity index (χ0v) is 14.1. The van der Waals surface area contributed by atoms with Crippen molar-refractivity contribution < 1.29 is 18.3 Å². The first-order valence-electron chi connectivity index (χ1n) is 7.31. The fraction of sp³-hybridized carbons (Fsp3) is 0.235. The second kappa shape index (κ2) is 6.47. The van der Waals surface area contributed by atoms with Crippen LogP contribution in [0, 0.1) is 0 Å². The van der Waals surface area contributed by atoms with Crippen LogP contribution in [0.15, 0.2) is 52.0 Å². The minimum Gasteiger partial charge on any atom is -0.508 e. The molecule has 0 saturated carbocycles. The molecule has 7 heteroatoms. The van der Waals surface area contributed by atoms with E-state index in [4.69, 9.17) is 0 Å². The Bertz CT molecular complexity index is 772. The molecule has 1 aliphatic rings. The summed E-state index contributed by atoms with van der Waals surface area (Å²) in [7, 11) is 0. The van der Waals surface area contributed by atoms with Crippen molar-refractivity contribution in [3.05, 3.63) is 58.1 Å². The first kappa shape index (κ1) is 16.8. The minimum atomic E-state index is -4.41. The Labute approximate surface area is 145 Å². The summed E-state index contributed by atoms with van der Waals surface area (Å²) in [6.45, 7) is 0.548. The highest BCUT2D eigenvalue weighted by molar-refractivity contribution is 9.10. The molecule has 3 rings (SSSR count). The molecular weight excluding hydrogens is 385 g/mol. The smallest absolute Gasteiger partial charge is 0.417 e. The van der Waals surface area contributed by atoms with E-state index in [0.29, 0.717) is 25.1 Å². The molecule has 1 heterocycles. The fourth-order valence-corrected chi connectivity index (χ4v) is 3.03. The van der Waals surface area contributed by atoms with Crippen LogP contribution >= 0.6 is 15.9 Å². The van der Waals surface area contributed by atoms with Gasteiger partial charge in [0.1, 0.15) is 5.75 Å². The van der Waals surface area contributed by atoms with Gasteiger partial charge in [-0.3, -0.25) is 5.01 Å². The number of hydrazone groups is 1. The topological polar surface area (TPSA) is 35.8 Å². The Balaban J connectivity index is 1.79. The molecule has 0 saturated heterocycles. The second-order valence-corrected chi connectivity index (χ2v) is 6.40. The number of phenolic OH excluding ortho intramolecular Hbond substituents is 1. The van der Waals surface area contributed by atoms with Gasteiger partial charge in [0.05, 0.1) is 11.3 Å². The molecule has 0 spiro atoms. The lowest BCUT2D eigenvalue weighted by Gasteiger charge is -2.17. The highest BCUT2D eigenvalue weighted by Crippen LogP contribution is 2.37. The van der Waals surface area contributed by atoms with Gasteiger partial charge in [0, 0.05) is 29.6 Å². The maximum Gasteiger partial charge on any atom is 0.417 e. The summed E-state index contributed by atoms with van der Waals surface area (Å²) in [6, 6.07) is 10.9. The number of hydrogen-bond acceptors (Lipinski definition) is 3. The predicted molar refractivity (Wildman–Crippen MR) is 90.4 cm³/mol. The molecule has 0 radical (unpaired) electrons. The fourth-order valence-electron chi connectivity index (χ4n) is 2.56. The number of halogens is 4. The van der Waals surface area contributed by atoms with Gasteiger partial charge in [0.15, 0.2) is 0 Å². The zero-order chi connectivity index (χ0) is 17.3. The molecule has 0 amide bonds. The molecule has 0 aromatic heterocycles. The van der Waals surface area contributed by atoms with E-state index in [1.165, 1.54) is 6.07 Å². The summed E-state index contributed by atoms with van der Waals surface area (Å²) in [5, 5.41) is 15.3. The van der Waals surface area contributed by atoms with Gasteiger partial charge in [-0.15, -0.1) is 0 Å². The third kappa shape index (κ3) is 3.72. The molecule has 0 unspecified atom stereocenters. The van der Waals surface area contributed by atoms with E-state index < -0.39 is 11.7 Å². The monoisotopic (exact) mass is 398 g/mol. The van der Waals surface area contributed by atoms with Gasteiger partial charge in [-0.25, -0.2) is 0 Å². The molecule has 3 nitrogen and oxygen atoms in total. The molecule has 2 aromatic rings. The van der Waals surface area contributed by atoms with Crippen molar-refractivity contribution >= 4 is 27.3 Å². The lowest BCUT2D eigenvalue weighted by atomic mass is 10.1. The van der Waals surface area contributed by atoms with Crippen molar-refractivity contribution in [1.29, 1.82) is 0 Å². The predicted octanol–water partition coefficient (Wildman–Crippen LogP) is 4.98. The van der Waals surface area contributed by atoms with E-state index in [2.05, 4.69) is 21.0 Å². The first-order chi connectivity index (χ1) is 11.3. The molecule has 24 heavy (non-hydrogen) atoms. The number of aromatic hydroxyl groups is 1. The quantitative estimate of drug-likeness (QED) is 0.790. The van der Waals surface area contributed by atoms with Gasteiger partial charge in [0.25, 0.3) is 0 Å². The van der Waals surface area contributed by atoms with Crippen LogP contribution < -0.4 is 5.01 Å². The van der Waals surface area contributed by atoms with Crippen molar-refractivity contribution in [1.82, 2.24) is 0 Å². The number of alkyl halides is 3. The Kier molecular flexibility index (Phi) is 4.54. The Morgan fingerprint density at radius 3 is 2.50 bits per heavy atom. The van der Waals surface area contributed by atoms with E-state index in [1.54, 1.807) is 23.2 Å². The van der Waals surface area contributed by atoms with Crippen molar-refractivity contribution in [2.75, 3.05) is 11.6 Å².